The van der Waals surface area contributed by atoms with Crippen LogP contribution in [0.15, 0.2) is 48.5 Å². The third-order valence-electron chi connectivity index (χ3n) is 4.33. The van der Waals surface area contributed by atoms with Crippen LogP contribution in [-0.2, 0) is 17.9 Å². The third-order valence-corrected chi connectivity index (χ3v) is 4.88. The molecule has 0 aliphatic carbocycles. The first kappa shape index (κ1) is 19.1. The van der Waals surface area contributed by atoms with Gasteiger partial charge in [-0.15, -0.1) is 0 Å². The van der Waals surface area contributed by atoms with E-state index in [0.717, 1.165) is 28.2 Å². The van der Waals surface area contributed by atoms with Gasteiger partial charge >= 0.3 is 0 Å². The average molecular weight is 384 g/mol. The highest BCUT2D eigenvalue weighted by molar-refractivity contribution is 6.31. The number of nitrogens with zero attached hydrogens (tertiary/aromatic N) is 2. The molecule has 0 saturated heterocycles. The Balaban J connectivity index is 1.67. The first-order valence-electron chi connectivity index (χ1n) is 8.66. The minimum atomic E-state index is -0.120. The number of benzene rings is 2. The summed E-state index contributed by atoms with van der Waals surface area (Å²) in [6.07, 6.45) is 0. The van der Waals surface area contributed by atoms with Crippen LogP contribution in [0.2, 0.25) is 5.02 Å². The molecular formula is C21H22ClN3O2. The van der Waals surface area contributed by atoms with Crippen molar-refractivity contribution >= 4 is 17.5 Å². The van der Waals surface area contributed by atoms with Crippen molar-refractivity contribution in [2.75, 3.05) is 7.11 Å². The van der Waals surface area contributed by atoms with E-state index >= 15 is 0 Å². The maximum atomic E-state index is 12.4. The van der Waals surface area contributed by atoms with Crippen LogP contribution in [0.5, 0.6) is 0 Å². The lowest BCUT2D eigenvalue weighted by Gasteiger charge is -2.09. The van der Waals surface area contributed by atoms with E-state index in [9.17, 15) is 4.79 Å². The molecule has 0 aliphatic rings. The standard InChI is InChI=1S/C21H22ClN3O2/c1-14-20(22)15(2)25(24-14)19-9-7-18(8-10-19)21(26)23-12-16-5-4-6-17(11-16)13-27-3/h4-11H,12-13H2,1-3H3,(H,23,26). The topological polar surface area (TPSA) is 56.1 Å². The number of ether oxygens (including phenoxy) is 1. The maximum absolute atomic E-state index is 12.4. The second-order valence-corrected chi connectivity index (χ2v) is 6.76. The predicted octanol–water partition coefficient (Wildman–Crippen LogP) is 4.22. The molecule has 1 aromatic heterocycles. The van der Waals surface area contributed by atoms with Gasteiger partial charge in [0, 0.05) is 19.2 Å². The van der Waals surface area contributed by atoms with Crippen LogP contribution < -0.4 is 5.32 Å². The van der Waals surface area contributed by atoms with Crippen LogP contribution in [0.1, 0.15) is 32.9 Å². The summed E-state index contributed by atoms with van der Waals surface area (Å²) in [5.74, 6) is -0.120. The second kappa shape index (κ2) is 8.37. The van der Waals surface area contributed by atoms with Gasteiger partial charge in [-0.25, -0.2) is 4.68 Å². The molecular weight excluding hydrogens is 362 g/mol. The number of carbonyl (C=O) groups is 1. The Hall–Kier alpha value is -2.63. The Bertz CT molecular complexity index is 949. The fourth-order valence-electron chi connectivity index (χ4n) is 2.91. The lowest BCUT2D eigenvalue weighted by Crippen LogP contribution is -2.22. The van der Waals surface area contributed by atoms with Gasteiger partial charge in [0.2, 0.25) is 0 Å². The van der Waals surface area contributed by atoms with Gasteiger partial charge in [-0.3, -0.25) is 4.79 Å². The van der Waals surface area contributed by atoms with Gasteiger partial charge < -0.3 is 10.1 Å². The smallest absolute Gasteiger partial charge is 0.251 e. The molecule has 2 aromatic carbocycles. The number of amides is 1. The Morgan fingerprint density at radius 2 is 1.85 bits per heavy atom. The Morgan fingerprint density at radius 3 is 2.48 bits per heavy atom. The molecule has 140 valence electrons. The van der Waals surface area contributed by atoms with Crippen molar-refractivity contribution in [3.8, 4) is 5.69 Å². The molecule has 0 radical (unpaired) electrons. The normalized spacial score (nSPS) is 10.8. The highest BCUT2D eigenvalue weighted by atomic mass is 35.5. The first-order valence-corrected chi connectivity index (χ1v) is 9.04. The van der Waals surface area contributed by atoms with Crippen LogP contribution in [0, 0.1) is 13.8 Å². The van der Waals surface area contributed by atoms with E-state index < -0.39 is 0 Å². The summed E-state index contributed by atoms with van der Waals surface area (Å²) in [6.45, 7) is 4.81. The van der Waals surface area contributed by atoms with Crippen molar-refractivity contribution in [1.82, 2.24) is 15.1 Å². The summed E-state index contributed by atoms with van der Waals surface area (Å²) in [6, 6.07) is 15.3. The molecule has 0 unspecified atom stereocenters. The molecule has 0 fully saturated rings. The highest BCUT2D eigenvalue weighted by Crippen LogP contribution is 2.22. The number of hydrogen-bond acceptors (Lipinski definition) is 3. The first-order chi connectivity index (χ1) is 13.0. The zero-order chi connectivity index (χ0) is 19.4. The molecule has 3 aromatic rings. The fourth-order valence-corrected chi connectivity index (χ4v) is 3.03. The summed E-state index contributed by atoms with van der Waals surface area (Å²) in [5, 5.41) is 8.03. The molecule has 0 spiro atoms. The van der Waals surface area contributed by atoms with Gasteiger partial charge in [-0.05, 0) is 49.2 Å². The lowest BCUT2D eigenvalue weighted by molar-refractivity contribution is 0.0951. The largest absolute Gasteiger partial charge is 0.380 e. The van der Waals surface area contributed by atoms with Crippen molar-refractivity contribution in [2.45, 2.75) is 27.0 Å². The minimum Gasteiger partial charge on any atom is -0.380 e. The molecule has 0 bridgehead atoms. The quantitative estimate of drug-likeness (QED) is 0.693. The predicted molar refractivity (Wildman–Crippen MR) is 106 cm³/mol. The van der Waals surface area contributed by atoms with E-state index in [2.05, 4.69) is 10.4 Å². The van der Waals surface area contributed by atoms with Crippen LogP contribution >= 0.6 is 11.6 Å². The summed E-state index contributed by atoms with van der Waals surface area (Å²) in [7, 11) is 1.66. The van der Waals surface area contributed by atoms with Crippen LogP contribution in [0.4, 0.5) is 0 Å². The second-order valence-electron chi connectivity index (χ2n) is 6.38. The van der Waals surface area contributed by atoms with Gasteiger partial charge in [-0.2, -0.15) is 5.10 Å². The molecule has 5 nitrogen and oxygen atoms in total. The van der Waals surface area contributed by atoms with Crippen molar-refractivity contribution < 1.29 is 9.53 Å². The molecule has 27 heavy (non-hydrogen) atoms. The van der Waals surface area contributed by atoms with E-state index in [1.54, 1.807) is 23.9 Å². The van der Waals surface area contributed by atoms with Gasteiger partial charge in [-0.1, -0.05) is 35.9 Å². The number of aromatic nitrogens is 2. The van der Waals surface area contributed by atoms with Gasteiger partial charge in [0.05, 0.1) is 28.7 Å². The van der Waals surface area contributed by atoms with Crippen LogP contribution in [0.25, 0.3) is 5.69 Å². The van der Waals surface area contributed by atoms with E-state index in [-0.39, 0.29) is 5.91 Å². The molecule has 0 atom stereocenters. The maximum Gasteiger partial charge on any atom is 0.251 e. The number of rotatable bonds is 6. The number of hydrogen-bond donors (Lipinski definition) is 1. The van der Waals surface area contributed by atoms with Crippen molar-refractivity contribution in [3.05, 3.63) is 81.6 Å². The van der Waals surface area contributed by atoms with E-state index in [0.29, 0.717) is 23.7 Å². The van der Waals surface area contributed by atoms with Crippen molar-refractivity contribution in [2.24, 2.45) is 0 Å². The summed E-state index contributed by atoms with van der Waals surface area (Å²) < 4.78 is 6.92. The van der Waals surface area contributed by atoms with Crippen molar-refractivity contribution in [3.63, 3.8) is 0 Å². The Labute approximate surface area is 163 Å². The van der Waals surface area contributed by atoms with Gasteiger partial charge in [0.25, 0.3) is 5.91 Å². The molecule has 6 heteroatoms. The van der Waals surface area contributed by atoms with E-state index in [1.807, 2.05) is 50.2 Å². The summed E-state index contributed by atoms with van der Waals surface area (Å²) >= 11 is 6.20. The third kappa shape index (κ3) is 4.38. The SMILES string of the molecule is COCc1cccc(CNC(=O)c2ccc(-n3nc(C)c(Cl)c3C)cc2)c1. The number of methoxy groups -OCH3 is 1. The monoisotopic (exact) mass is 383 g/mol. The number of carbonyl (C=O) groups excluding carboxylic acids is 1. The molecule has 1 heterocycles. The van der Waals surface area contributed by atoms with Crippen molar-refractivity contribution in [1.29, 1.82) is 0 Å². The molecule has 3 rings (SSSR count). The van der Waals surface area contributed by atoms with E-state index in [1.165, 1.54) is 0 Å². The van der Waals surface area contributed by atoms with Gasteiger partial charge in [0.1, 0.15) is 0 Å². The summed E-state index contributed by atoms with van der Waals surface area (Å²) in [4.78, 5) is 12.4. The number of aryl methyl sites for hydroxylation is 1. The molecule has 1 amide bonds. The average Bonchev–Trinajstić information content (AvgIpc) is 2.94. The highest BCUT2D eigenvalue weighted by Gasteiger charge is 2.11. The fraction of sp³-hybridized carbons (Fsp3) is 0.238. The Kier molecular flexibility index (Phi) is 5.94. The lowest BCUT2D eigenvalue weighted by atomic mass is 10.1. The molecule has 0 saturated carbocycles. The zero-order valence-corrected chi connectivity index (χ0v) is 16.4. The number of nitrogens with one attached hydrogen (secondary N) is 1. The number of halogens is 1. The molecule has 1 N–H and O–H groups in total. The zero-order valence-electron chi connectivity index (χ0n) is 15.6. The van der Waals surface area contributed by atoms with Gasteiger partial charge in [0.15, 0.2) is 0 Å². The van der Waals surface area contributed by atoms with E-state index in [4.69, 9.17) is 16.3 Å². The molecule has 0 aliphatic heterocycles. The van der Waals surface area contributed by atoms with Crippen LogP contribution in [-0.4, -0.2) is 22.8 Å². The minimum absolute atomic E-state index is 0.120. The Morgan fingerprint density at radius 1 is 1.15 bits per heavy atom. The summed E-state index contributed by atoms with van der Waals surface area (Å²) in [5.41, 5.74) is 5.24. The van der Waals surface area contributed by atoms with Crippen LogP contribution in [0.3, 0.4) is 0 Å².